The first-order chi connectivity index (χ1) is 12.1. The number of nitrogens with zero attached hydrogens (tertiary/aromatic N) is 2. The van der Waals surface area contributed by atoms with Gasteiger partial charge in [0.15, 0.2) is 0 Å². The summed E-state index contributed by atoms with van der Waals surface area (Å²) in [5.74, 6) is -0.295. The van der Waals surface area contributed by atoms with Crippen LogP contribution in [0.1, 0.15) is 44.6 Å². The van der Waals surface area contributed by atoms with Gasteiger partial charge >= 0.3 is 11.8 Å². The Labute approximate surface area is 150 Å². The van der Waals surface area contributed by atoms with E-state index < -0.39 is 11.8 Å². The second kappa shape index (κ2) is 8.48. The Bertz CT molecular complexity index is 603. The highest BCUT2D eigenvalue weighted by atomic mass is 16.2. The van der Waals surface area contributed by atoms with Crippen molar-refractivity contribution in [1.29, 1.82) is 0 Å². The molecule has 2 aliphatic heterocycles. The molecule has 1 aromatic carbocycles. The van der Waals surface area contributed by atoms with Crippen LogP contribution in [0.2, 0.25) is 0 Å². The van der Waals surface area contributed by atoms with Crippen LogP contribution < -0.4 is 5.32 Å². The van der Waals surface area contributed by atoms with Crippen LogP contribution in [0, 0.1) is 5.92 Å². The minimum atomic E-state index is -0.523. The lowest BCUT2D eigenvalue weighted by Gasteiger charge is -2.29. The zero-order valence-corrected chi connectivity index (χ0v) is 15.2. The van der Waals surface area contributed by atoms with Crippen molar-refractivity contribution in [3.8, 4) is 0 Å². The van der Waals surface area contributed by atoms with Crippen LogP contribution in [0.4, 0.5) is 5.69 Å². The first kappa shape index (κ1) is 17.9. The van der Waals surface area contributed by atoms with Crippen LogP contribution in [-0.4, -0.2) is 47.8 Å². The highest BCUT2D eigenvalue weighted by Crippen LogP contribution is 2.18. The minimum absolute atomic E-state index is 0.409. The van der Waals surface area contributed by atoms with E-state index in [0.717, 1.165) is 32.5 Å². The number of likely N-dealkylation sites (tertiary alicyclic amines) is 2. The van der Waals surface area contributed by atoms with Gasteiger partial charge in [-0.25, -0.2) is 0 Å². The fourth-order valence-corrected chi connectivity index (χ4v) is 3.66. The van der Waals surface area contributed by atoms with Gasteiger partial charge in [-0.15, -0.1) is 0 Å². The summed E-state index contributed by atoms with van der Waals surface area (Å²) in [6.07, 6.45) is 5.80. The van der Waals surface area contributed by atoms with Crippen molar-refractivity contribution in [2.24, 2.45) is 5.92 Å². The molecule has 0 saturated carbocycles. The number of benzene rings is 1. The van der Waals surface area contributed by atoms with Gasteiger partial charge in [0, 0.05) is 25.3 Å². The summed E-state index contributed by atoms with van der Waals surface area (Å²) in [5.41, 5.74) is 1.89. The Hall–Kier alpha value is -1.88. The fourth-order valence-electron chi connectivity index (χ4n) is 3.66. The van der Waals surface area contributed by atoms with Gasteiger partial charge < -0.3 is 10.2 Å². The smallest absolute Gasteiger partial charge is 0.313 e. The summed E-state index contributed by atoms with van der Waals surface area (Å²) in [6.45, 7) is 6.74. The van der Waals surface area contributed by atoms with Crippen molar-refractivity contribution < 1.29 is 9.59 Å². The van der Waals surface area contributed by atoms with Gasteiger partial charge in [-0.1, -0.05) is 25.5 Å². The molecule has 3 rings (SSSR count). The number of anilines is 1. The van der Waals surface area contributed by atoms with Crippen LogP contribution >= 0.6 is 0 Å². The number of hydrogen-bond donors (Lipinski definition) is 1. The number of piperidine rings is 2. The molecule has 25 heavy (non-hydrogen) atoms. The van der Waals surface area contributed by atoms with Crippen molar-refractivity contribution in [3.63, 3.8) is 0 Å². The molecule has 0 aliphatic carbocycles. The average molecular weight is 343 g/mol. The summed E-state index contributed by atoms with van der Waals surface area (Å²) < 4.78 is 0. The number of carbonyl (C=O) groups excluding carboxylic acids is 2. The van der Waals surface area contributed by atoms with E-state index >= 15 is 0 Å². The van der Waals surface area contributed by atoms with Gasteiger partial charge in [0.2, 0.25) is 0 Å². The number of rotatable bonds is 3. The van der Waals surface area contributed by atoms with E-state index in [4.69, 9.17) is 0 Å². The highest BCUT2D eigenvalue weighted by molar-refractivity contribution is 6.39. The molecule has 0 unspecified atom stereocenters. The molecule has 2 heterocycles. The molecule has 1 aromatic rings. The lowest BCUT2D eigenvalue weighted by atomic mass is 9.99. The van der Waals surface area contributed by atoms with E-state index in [2.05, 4.69) is 23.2 Å². The van der Waals surface area contributed by atoms with Crippen LogP contribution in [0.3, 0.4) is 0 Å². The van der Waals surface area contributed by atoms with E-state index in [1.165, 1.54) is 24.8 Å². The third-order valence-electron chi connectivity index (χ3n) is 5.30. The summed E-state index contributed by atoms with van der Waals surface area (Å²) in [5, 5.41) is 2.78. The monoisotopic (exact) mass is 343 g/mol. The van der Waals surface area contributed by atoms with Gasteiger partial charge in [0.25, 0.3) is 0 Å². The van der Waals surface area contributed by atoms with Crippen molar-refractivity contribution >= 4 is 17.5 Å². The largest absolute Gasteiger partial charge is 0.334 e. The van der Waals surface area contributed by atoms with Crippen molar-refractivity contribution in [2.45, 2.75) is 45.6 Å². The molecule has 1 N–H and O–H groups in total. The van der Waals surface area contributed by atoms with Crippen molar-refractivity contribution in [3.05, 3.63) is 29.8 Å². The maximum absolute atomic E-state index is 12.3. The normalized spacial score (nSPS) is 19.6. The van der Waals surface area contributed by atoms with E-state index in [9.17, 15) is 9.59 Å². The van der Waals surface area contributed by atoms with E-state index in [1.807, 2.05) is 18.2 Å². The van der Waals surface area contributed by atoms with Crippen LogP contribution in [0.25, 0.3) is 0 Å². The van der Waals surface area contributed by atoms with Crippen molar-refractivity contribution in [1.82, 2.24) is 9.80 Å². The number of hydrogen-bond acceptors (Lipinski definition) is 3. The number of amides is 2. The maximum atomic E-state index is 12.3. The van der Waals surface area contributed by atoms with Crippen LogP contribution in [-0.2, 0) is 16.1 Å². The van der Waals surface area contributed by atoms with Gasteiger partial charge in [-0.2, -0.15) is 0 Å². The standard InChI is InChI=1S/C20H29N3O2/c1-16-8-12-23(13-9-16)20(25)19(24)21-18-7-5-6-17(14-18)15-22-10-3-2-4-11-22/h5-7,14,16H,2-4,8-13,15H2,1H3,(H,21,24). The topological polar surface area (TPSA) is 52.7 Å². The molecule has 5 heteroatoms. The Kier molecular flexibility index (Phi) is 6.08. The quantitative estimate of drug-likeness (QED) is 0.859. The van der Waals surface area contributed by atoms with E-state index in [-0.39, 0.29) is 0 Å². The van der Waals surface area contributed by atoms with Crippen molar-refractivity contribution in [2.75, 3.05) is 31.5 Å². The number of nitrogens with one attached hydrogen (secondary N) is 1. The molecule has 2 saturated heterocycles. The SMILES string of the molecule is CC1CCN(C(=O)C(=O)Nc2cccc(CN3CCCCC3)c2)CC1. The predicted molar refractivity (Wildman–Crippen MR) is 99.2 cm³/mol. The lowest BCUT2D eigenvalue weighted by Crippen LogP contribution is -2.43. The maximum Gasteiger partial charge on any atom is 0.313 e. The average Bonchev–Trinajstić information content (AvgIpc) is 2.63. The first-order valence-electron chi connectivity index (χ1n) is 9.53. The van der Waals surface area contributed by atoms with Gasteiger partial charge in [0.1, 0.15) is 0 Å². The summed E-state index contributed by atoms with van der Waals surface area (Å²) in [7, 11) is 0. The molecular weight excluding hydrogens is 314 g/mol. The fraction of sp³-hybridized carbons (Fsp3) is 0.600. The second-order valence-electron chi connectivity index (χ2n) is 7.47. The molecule has 0 atom stereocenters. The van der Waals surface area contributed by atoms with Gasteiger partial charge in [0.05, 0.1) is 0 Å². The van der Waals surface area contributed by atoms with Gasteiger partial charge in [-0.3, -0.25) is 14.5 Å². The van der Waals surface area contributed by atoms with Crippen LogP contribution in [0.5, 0.6) is 0 Å². The molecule has 5 nitrogen and oxygen atoms in total. The van der Waals surface area contributed by atoms with E-state index in [0.29, 0.717) is 24.7 Å². The van der Waals surface area contributed by atoms with Crippen LogP contribution in [0.15, 0.2) is 24.3 Å². The zero-order chi connectivity index (χ0) is 17.6. The molecular formula is C20H29N3O2. The predicted octanol–water partition coefficient (Wildman–Crippen LogP) is 2.87. The third-order valence-corrected chi connectivity index (χ3v) is 5.30. The molecule has 2 amide bonds. The molecule has 0 aromatic heterocycles. The first-order valence-corrected chi connectivity index (χ1v) is 9.53. The Balaban J connectivity index is 1.55. The molecule has 136 valence electrons. The summed E-state index contributed by atoms with van der Waals surface area (Å²) in [4.78, 5) is 28.7. The van der Waals surface area contributed by atoms with Gasteiger partial charge in [-0.05, 0) is 62.4 Å². The Morgan fingerprint density at radius 3 is 2.52 bits per heavy atom. The number of carbonyl (C=O) groups is 2. The van der Waals surface area contributed by atoms with E-state index in [1.54, 1.807) is 4.90 Å². The Morgan fingerprint density at radius 2 is 1.80 bits per heavy atom. The Morgan fingerprint density at radius 1 is 1.08 bits per heavy atom. The molecule has 2 fully saturated rings. The molecule has 0 spiro atoms. The lowest BCUT2D eigenvalue weighted by molar-refractivity contribution is -0.144. The second-order valence-corrected chi connectivity index (χ2v) is 7.47. The summed E-state index contributed by atoms with van der Waals surface area (Å²) >= 11 is 0. The summed E-state index contributed by atoms with van der Waals surface area (Å²) in [6, 6.07) is 7.86. The molecule has 0 bridgehead atoms. The zero-order valence-electron chi connectivity index (χ0n) is 15.2. The molecule has 0 radical (unpaired) electrons. The third kappa shape index (κ3) is 5.05. The molecule has 2 aliphatic rings. The minimum Gasteiger partial charge on any atom is -0.334 e. The highest BCUT2D eigenvalue weighted by Gasteiger charge is 2.25.